The first kappa shape index (κ1) is 16.3. The maximum atomic E-state index is 13.3. The van der Waals surface area contributed by atoms with Crippen LogP contribution in [0.2, 0.25) is 5.02 Å². The second kappa shape index (κ2) is 6.26. The summed E-state index contributed by atoms with van der Waals surface area (Å²) in [4.78, 5) is 24.7. The van der Waals surface area contributed by atoms with Crippen molar-refractivity contribution in [1.29, 1.82) is 0 Å². The van der Waals surface area contributed by atoms with Crippen LogP contribution < -0.4 is 10.6 Å². The second-order valence-corrected chi connectivity index (χ2v) is 5.99. The number of aromatic nitrogens is 3. The Morgan fingerprint density at radius 3 is 2.96 bits per heavy atom. The molecule has 2 aromatic heterocycles. The number of anilines is 2. The number of benzene rings is 1. The lowest BCUT2D eigenvalue weighted by atomic mass is 10.1. The summed E-state index contributed by atoms with van der Waals surface area (Å²) in [6.07, 6.45) is 1.35. The van der Waals surface area contributed by atoms with Crippen LogP contribution in [0.15, 0.2) is 41.0 Å². The number of carbonyl (C=O) groups excluding carboxylic acids is 2. The average molecular weight is 376 g/mol. The Kier molecular flexibility index (Phi) is 3.92. The highest BCUT2D eigenvalue weighted by Crippen LogP contribution is 2.31. The normalized spacial score (nSPS) is 16.1. The number of nitrogens with one attached hydrogen (secondary N) is 2. The van der Waals surface area contributed by atoms with E-state index in [2.05, 4.69) is 20.8 Å². The third-order valence-electron chi connectivity index (χ3n) is 3.87. The fourth-order valence-corrected chi connectivity index (χ4v) is 2.88. The van der Waals surface area contributed by atoms with E-state index >= 15 is 0 Å². The van der Waals surface area contributed by atoms with Crippen molar-refractivity contribution in [3.05, 3.63) is 47.4 Å². The summed E-state index contributed by atoms with van der Waals surface area (Å²) in [5.74, 6) is -0.595. The molecule has 0 bridgehead atoms. The van der Waals surface area contributed by atoms with Gasteiger partial charge in [-0.15, -0.1) is 10.2 Å². The molecule has 0 spiro atoms. The lowest BCUT2D eigenvalue weighted by Gasteiger charge is -2.24. The van der Waals surface area contributed by atoms with E-state index in [9.17, 15) is 14.0 Å². The van der Waals surface area contributed by atoms with Crippen LogP contribution in [0.4, 0.5) is 16.0 Å². The molecule has 0 unspecified atom stereocenters. The fraction of sp³-hybridized carbons (Fsp3) is 0.125. The van der Waals surface area contributed by atoms with Crippen LogP contribution in [0, 0.1) is 5.82 Å². The van der Waals surface area contributed by atoms with Crippen LogP contribution in [0.3, 0.4) is 0 Å². The molecule has 10 heteroatoms. The predicted molar refractivity (Wildman–Crippen MR) is 90.0 cm³/mol. The first-order chi connectivity index (χ1) is 12.5. The van der Waals surface area contributed by atoms with Crippen molar-refractivity contribution in [2.45, 2.75) is 12.5 Å². The van der Waals surface area contributed by atoms with Crippen LogP contribution in [-0.2, 0) is 9.59 Å². The molecule has 26 heavy (non-hydrogen) atoms. The molecule has 1 aliphatic heterocycles. The van der Waals surface area contributed by atoms with Gasteiger partial charge < -0.3 is 9.73 Å². The number of amides is 2. The fourth-order valence-electron chi connectivity index (χ4n) is 2.70. The Balaban J connectivity index is 1.68. The minimum absolute atomic E-state index is 0.112. The topological polar surface area (TPSA) is 102 Å². The third-order valence-corrected chi connectivity index (χ3v) is 4.16. The van der Waals surface area contributed by atoms with Gasteiger partial charge in [-0.25, -0.2) is 4.39 Å². The SMILES string of the molecule is O=C1C[C@H](C(=O)Nc2ccc(F)c(Cl)c2)n2c(nnc2-c2ccco2)N1. The summed E-state index contributed by atoms with van der Waals surface area (Å²) in [6, 6.07) is 6.25. The van der Waals surface area contributed by atoms with Crippen LogP contribution in [-0.4, -0.2) is 26.6 Å². The highest BCUT2D eigenvalue weighted by Gasteiger charge is 2.35. The van der Waals surface area contributed by atoms with Crippen LogP contribution in [0.5, 0.6) is 0 Å². The van der Waals surface area contributed by atoms with Gasteiger partial charge in [-0.05, 0) is 30.3 Å². The lowest BCUT2D eigenvalue weighted by Crippen LogP contribution is -2.35. The molecular weight excluding hydrogens is 365 g/mol. The van der Waals surface area contributed by atoms with Gasteiger partial charge in [0.1, 0.15) is 11.9 Å². The van der Waals surface area contributed by atoms with Crippen LogP contribution >= 0.6 is 11.6 Å². The molecule has 1 aliphatic rings. The van der Waals surface area contributed by atoms with Crippen LogP contribution in [0.25, 0.3) is 11.6 Å². The summed E-state index contributed by atoms with van der Waals surface area (Å²) in [5, 5.41) is 13.0. The number of halogens is 2. The van der Waals surface area contributed by atoms with Crippen molar-refractivity contribution in [3.63, 3.8) is 0 Å². The average Bonchev–Trinajstić information content (AvgIpc) is 3.26. The van der Waals surface area contributed by atoms with Gasteiger partial charge in [0.25, 0.3) is 0 Å². The van der Waals surface area contributed by atoms with E-state index in [-0.39, 0.29) is 23.3 Å². The molecule has 0 aliphatic carbocycles. The number of fused-ring (bicyclic) bond motifs is 1. The van der Waals surface area contributed by atoms with E-state index in [0.29, 0.717) is 17.3 Å². The van der Waals surface area contributed by atoms with Crippen molar-refractivity contribution >= 4 is 35.1 Å². The van der Waals surface area contributed by atoms with Crippen molar-refractivity contribution in [1.82, 2.24) is 14.8 Å². The Hall–Kier alpha value is -3.20. The maximum absolute atomic E-state index is 13.3. The smallest absolute Gasteiger partial charge is 0.248 e. The van der Waals surface area contributed by atoms with Gasteiger partial charge in [0.15, 0.2) is 5.76 Å². The largest absolute Gasteiger partial charge is 0.461 e. The molecule has 8 nitrogen and oxygen atoms in total. The molecular formula is C16H11ClFN5O3. The van der Waals surface area contributed by atoms with Crippen molar-refractivity contribution in [3.8, 4) is 11.6 Å². The molecule has 1 aromatic carbocycles. The van der Waals surface area contributed by atoms with E-state index < -0.39 is 17.8 Å². The Morgan fingerprint density at radius 2 is 2.23 bits per heavy atom. The standard InChI is InChI=1S/C16H11ClFN5O3/c17-9-6-8(3-4-10(9)18)19-15(25)11-7-13(24)20-16-22-21-14(23(11)16)12-2-1-5-26-12/h1-6,11H,7H2,(H,19,25)(H,20,22,24)/t11-/m1/s1. The predicted octanol–water partition coefficient (Wildman–Crippen LogP) is 2.85. The first-order valence-corrected chi connectivity index (χ1v) is 7.95. The van der Waals surface area contributed by atoms with Gasteiger partial charge in [0, 0.05) is 5.69 Å². The van der Waals surface area contributed by atoms with E-state index in [1.165, 1.54) is 23.0 Å². The summed E-state index contributed by atoms with van der Waals surface area (Å²) < 4.78 is 20.1. The maximum Gasteiger partial charge on any atom is 0.248 e. The van der Waals surface area contributed by atoms with Gasteiger partial charge in [0.2, 0.25) is 23.6 Å². The first-order valence-electron chi connectivity index (χ1n) is 7.57. The van der Waals surface area contributed by atoms with E-state index in [1.54, 1.807) is 12.1 Å². The summed E-state index contributed by atoms with van der Waals surface area (Å²) >= 11 is 5.73. The molecule has 0 saturated carbocycles. The van der Waals surface area contributed by atoms with Gasteiger partial charge in [-0.2, -0.15) is 0 Å². The van der Waals surface area contributed by atoms with Gasteiger partial charge in [-0.1, -0.05) is 11.6 Å². The van der Waals surface area contributed by atoms with E-state index in [1.807, 2.05) is 0 Å². The zero-order chi connectivity index (χ0) is 18.3. The quantitative estimate of drug-likeness (QED) is 0.732. The number of rotatable bonds is 3. The molecule has 132 valence electrons. The van der Waals surface area contributed by atoms with Gasteiger partial charge in [-0.3, -0.25) is 19.5 Å². The molecule has 2 N–H and O–H groups in total. The van der Waals surface area contributed by atoms with Crippen LogP contribution in [0.1, 0.15) is 12.5 Å². The summed E-state index contributed by atoms with van der Waals surface area (Å²) in [7, 11) is 0. The van der Waals surface area contributed by atoms with E-state index in [0.717, 1.165) is 6.07 Å². The number of hydrogen-bond donors (Lipinski definition) is 2. The van der Waals surface area contributed by atoms with Crippen molar-refractivity contribution in [2.24, 2.45) is 0 Å². The molecule has 0 radical (unpaired) electrons. The molecule has 3 heterocycles. The zero-order valence-corrected chi connectivity index (χ0v) is 13.8. The minimum Gasteiger partial charge on any atom is -0.461 e. The number of nitrogens with zero attached hydrogens (tertiary/aromatic N) is 3. The molecule has 4 rings (SSSR count). The lowest BCUT2D eigenvalue weighted by molar-refractivity contribution is -0.125. The number of hydrogen-bond acceptors (Lipinski definition) is 5. The van der Waals surface area contributed by atoms with Crippen molar-refractivity contribution in [2.75, 3.05) is 10.6 Å². The zero-order valence-electron chi connectivity index (χ0n) is 13.1. The van der Waals surface area contributed by atoms with Gasteiger partial charge in [0.05, 0.1) is 17.7 Å². The Bertz CT molecular complexity index is 1000. The molecule has 2 amide bonds. The molecule has 3 aromatic rings. The Labute approximate surface area is 151 Å². The monoisotopic (exact) mass is 375 g/mol. The minimum atomic E-state index is -0.905. The summed E-state index contributed by atoms with van der Waals surface area (Å²) in [5.41, 5.74) is 0.307. The van der Waals surface area contributed by atoms with Crippen molar-refractivity contribution < 1.29 is 18.4 Å². The molecule has 0 fully saturated rings. The van der Waals surface area contributed by atoms with E-state index in [4.69, 9.17) is 16.0 Å². The Morgan fingerprint density at radius 1 is 1.38 bits per heavy atom. The highest BCUT2D eigenvalue weighted by atomic mass is 35.5. The number of carbonyl (C=O) groups is 2. The summed E-state index contributed by atoms with van der Waals surface area (Å²) in [6.45, 7) is 0. The van der Waals surface area contributed by atoms with Gasteiger partial charge >= 0.3 is 0 Å². The molecule has 0 saturated heterocycles. The molecule has 1 atom stereocenters. The number of furan rings is 1. The second-order valence-electron chi connectivity index (χ2n) is 5.58. The third kappa shape index (κ3) is 2.82. The highest BCUT2D eigenvalue weighted by molar-refractivity contribution is 6.31.